The molecule has 0 aliphatic carbocycles. The number of benzene rings is 2. The third-order valence-electron chi connectivity index (χ3n) is 4.26. The van der Waals surface area contributed by atoms with Crippen LogP contribution in [0, 0.1) is 0 Å². The Morgan fingerprint density at radius 3 is 2.34 bits per heavy atom. The molecular formula is C20H26ClN3O4S. The number of hydrogen-bond donors (Lipinski definition) is 1. The molecule has 1 N–H and O–H groups in total. The Morgan fingerprint density at radius 1 is 1.10 bits per heavy atom. The van der Waals surface area contributed by atoms with Gasteiger partial charge in [-0.05, 0) is 30.3 Å². The predicted molar refractivity (Wildman–Crippen MR) is 116 cm³/mol. The van der Waals surface area contributed by atoms with Crippen molar-refractivity contribution in [1.29, 1.82) is 0 Å². The van der Waals surface area contributed by atoms with Gasteiger partial charge in [-0.1, -0.05) is 37.6 Å². The molecule has 0 heterocycles. The Labute approximate surface area is 177 Å². The van der Waals surface area contributed by atoms with Gasteiger partial charge >= 0.3 is 0 Å². The summed E-state index contributed by atoms with van der Waals surface area (Å²) in [6.07, 6.45) is 0. The average molecular weight is 440 g/mol. The summed E-state index contributed by atoms with van der Waals surface area (Å²) in [6, 6.07) is 11.5. The van der Waals surface area contributed by atoms with E-state index in [0.717, 1.165) is 0 Å². The van der Waals surface area contributed by atoms with Crippen molar-refractivity contribution in [3.05, 3.63) is 47.5 Å². The molecular weight excluding hydrogens is 414 g/mol. The Balaban J connectivity index is 2.25. The zero-order valence-corrected chi connectivity index (χ0v) is 18.5. The number of anilines is 2. The van der Waals surface area contributed by atoms with Crippen LogP contribution in [0.25, 0.3) is 0 Å². The molecule has 0 fully saturated rings. The maximum atomic E-state index is 12.8. The molecule has 0 aliphatic heterocycles. The number of carbonyl (C=O) groups is 1. The van der Waals surface area contributed by atoms with Crippen LogP contribution in [-0.4, -0.2) is 52.4 Å². The highest BCUT2D eigenvalue weighted by atomic mass is 35.5. The van der Waals surface area contributed by atoms with Crippen LogP contribution in [0.15, 0.2) is 47.4 Å². The van der Waals surface area contributed by atoms with Gasteiger partial charge in [-0.2, -0.15) is 4.31 Å². The molecule has 2 aromatic rings. The summed E-state index contributed by atoms with van der Waals surface area (Å²) in [5.41, 5.74) is 1.06. The first kappa shape index (κ1) is 23.0. The second-order valence-electron chi connectivity index (χ2n) is 6.43. The van der Waals surface area contributed by atoms with Crippen molar-refractivity contribution in [2.75, 3.05) is 44.0 Å². The van der Waals surface area contributed by atoms with E-state index in [4.69, 9.17) is 16.3 Å². The van der Waals surface area contributed by atoms with Crippen molar-refractivity contribution in [3.8, 4) is 5.75 Å². The van der Waals surface area contributed by atoms with Crippen molar-refractivity contribution in [3.63, 3.8) is 0 Å². The zero-order valence-electron chi connectivity index (χ0n) is 17.0. The van der Waals surface area contributed by atoms with E-state index < -0.39 is 15.9 Å². The second kappa shape index (κ2) is 9.96. The van der Waals surface area contributed by atoms with Gasteiger partial charge in [-0.25, -0.2) is 8.42 Å². The molecule has 0 unspecified atom stereocenters. The van der Waals surface area contributed by atoms with E-state index in [1.807, 2.05) is 14.1 Å². The molecule has 1 amide bonds. The van der Waals surface area contributed by atoms with E-state index >= 15 is 0 Å². The Hall–Kier alpha value is -2.29. The molecule has 0 saturated heterocycles. The number of halogens is 1. The van der Waals surface area contributed by atoms with Gasteiger partial charge in [0.15, 0.2) is 6.61 Å². The van der Waals surface area contributed by atoms with E-state index in [0.29, 0.717) is 35.2 Å². The fourth-order valence-corrected chi connectivity index (χ4v) is 4.44. The summed E-state index contributed by atoms with van der Waals surface area (Å²) in [4.78, 5) is 14.3. The van der Waals surface area contributed by atoms with Gasteiger partial charge in [0.05, 0.1) is 21.3 Å². The lowest BCUT2D eigenvalue weighted by atomic mass is 10.2. The monoisotopic (exact) mass is 439 g/mol. The highest BCUT2D eigenvalue weighted by Gasteiger charge is 2.23. The Morgan fingerprint density at radius 2 is 1.76 bits per heavy atom. The number of ether oxygens (including phenoxy) is 1. The van der Waals surface area contributed by atoms with Crippen molar-refractivity contribution in [2.24, 2.45) is 0 Å². The minimum atomic E-state index is -3.65. The predicted octanol–water partition coefficient (Wildman–Crippen LogP) is 3.45. The summed E-state index contributed by atoms with van der Waals surface area (Å²) < 4.78 is 32.5. The molecule has 2 rings (SSSR count). The molecule has 0 bridgehead atoms. The van der Waals surface area contributed by atoms with Crippen LogP contribution in [0.4, 0.5) is 11.4 Å². The largest absolute Gasteiger partial charge is 0.482 e. The smallest absolute Gasteiger partial charge is 0.262 e. The summed E-state index contributed by atoms with van der Waals surface area (Å²) in [7, 11) is -0.0294. The fourth-order valence-electron chi connectivity index (χ4n) is 2.77. The molecule has 9 heteroatoms. The van der Waals surface area contributed by atoms with E-state index in [-0.39, 0.29) is 11.5 Å². The lowest BCUT2D eigenvalue weighted by molar-refractivity contribution is -0.118. The molecule has 2 aromatic carbocycles. The number of hydrogen-bond acceptors (Lipinski definition) is 5. The van der Waals surface area contributed by atoms with Crippen LogP contribution in [-0.2, 0) is 14.8 Å². The molecule has 158 valence electrons. The molecule has 0 aliphatic rings. The highest BCUT2D eigenvalue weighted by molar-refractivity contribution is 7.89. The first-order valence-electron chi connectivity index (χ1n) is 9.19. The molecule has 0 aromatic heterocycles. The third kappa shape index (κ3) is 5.62. The normalized spacial score (nSPS) is 11.4. The average Bonchev–Trinajstić information content (AvgIpc) is 2.67. The van der Waals surface area contributed by atoms with Crippen molar-refractivity contribution in [2.45, 2.75) is 18.7 Å². The number of carbonyl (C=O) groups excluding carboxylic acids is 1. The number of amides is 1. The number of nitrogens with one attached hydrogen (secondary N) is 1. The van der Waals surface area contributed by atoms with Crippen LogP contribution < -0.4 is 15.0 Å². The molecule has 0 spiro atoms. The van der Waals surface area contributed by atoms with Crippen LogP contribution in [0.5, 0.6) is 5.75 Å². The Kier molecular flexibility index (Phi) is 7.89. The van der Waals surface area contributed by atoms with Crippen LogP contribution >= 0.6 is 11.6 Å². The lowest BCUT2D eigenvalue weighted by Gasteiger charge is -2.22. The van der Waals surface area contributed by atoms with Gasteiger partial charge in [0.25, 0.3) is 5.91 Å². The number of sulfonamides is 1. The van der Waals surface area contributed by atoms with Crippen LogP contribution in [0.1, 0.15) is 13.8 Å². The topological polar surface area (TPSA) is 79.0 Å². The molecule has 0 atom stereocenters. The minimum Gasteiger partial charge on any atom is -0.482 e. The quantitative estimate of drug-likeness (QED) is 0.647. The number of para-hydroxylation sites is 1. The van der Waals surface area contributed by atoms with Gasteiger partial charge in [0.1, 0.15) is 5.75 Å². The molecule has 7 nitrogen and oxygen atoms in total. The van der Waals surface area contributed by atoms with E-state index in [9.17, 15) is 13.2 Å². The van der Waals surface area contributed by atoms with Crippen LogP contribution in [0.2, 0.25) is 5.02 Å². The van der Waals surface area contributed by atoms with Crippen molar-refractivity contribution < 1.29 is 17.9 Å². The third-order valence-corrected chi connectivity index (χ3v) is 6.62. The summed E-state index contributed by atoms with van der Waals surface area (Å²) in [5.74, 6) is -0.0274. The zero-order chi connectivity index (χ0) is 21.6. The van der Waals surface area contributed by atoms with Crippen LogP contribution in [0.3, 0.4) is 0 Å². The summed E-state index contributed by atoms with van der Waals surface area (Å²) in [6.45, 7) is 4.03. The second-order valence-corrected chi connectivity index (χ2v) is 8.78. The maximum absolute atomic E-state index is 12.8. The van der Waals surface area contributed by atoms with Gasteiger partial charge in [0.2, 0.25) is 10.0 Å². The molecule has 0 saturated carbocycles. The summed E-state index contributed by atoms with van der Waals surface area (Å²) in [5, 5.41) is 3.14. The molecule has 0 radical (unpaired) electrons. The van der Waals surface area contributed by atoms with Gasteiger partial charge in [-0.15, -0.1) is 0 Å². The fraction of sp³-hybridized carbons (Fsp3) is 0.350. The maximum Gasteiger partial charge on any atom is 0.262 e. The standard InChI is InChI=1S/C20H26ClN3O4S/c1-5-24(6-2)29(26,27)15-11-12-18(23(3)4)17(13-15)22-20(25)14-28-19-10-8-7-9-16(19)21/h7-13H,5-6,14H2,1-4H3,(H,22,25). The molecule has 29 heavy (non-hydrogen) atoms. The van der Waals surface area contributed by atoms with Crippen molar-refractivity contribution >= 4 is 38.9 Å². The Bertz CT molecular complexity index is 960. The number of nitrogens with zero attached hydrogens (tertiary/aromatic N) is 2. The van der Waals surface area contributed by atoms with E-state index in [1.54, 1.807) is 55.1 Å². The van der Waals surface area contributed by atoms with E-state index in [2.05, 4.69) is 5.32 Å². The SMILES string of the molecule is CCN(CC)S(=O)(=O)c1ccc(N(C)C)c(NC(=O)COc2ccccc2Cl)c1. The highest BCUT2D eigenvalue weighted by Crippen LogP contribution is 2.29. The van der Waals surface area contributed by atoms with E-state index in [1.165, 1.54) is 10.4 Å². The first-order valence-corrected chi connectivity index (χ1v) is 11.0. The van der Waals surface area contributed by atoms with Gasteiger partial charge < -0.3 is 15.0 Å². The van der Waals surface area contributed by atoms with Crippen molar-refractivity contribution in [1.82, 2.24) is 4.31 Å². The summed E-state index contributed by atoms with van der Waals surface area (Å²) >= 11 is 6.03. The lowest BCUT2D eigenvalue weighted by Crippen LogP contribution is -2.31. The number of rotatable bonds is 9. The van der Waals surface area contributed by atoms with Gasteiger partial charge in [0, 0.05) is 27.2 Å². The first-order chi connectivity index (χ1) is 13.7. The minimum absolute atomic E-state index is 0.120. The van der Waals surface area contributed by atoms with Gasteiger partial charge in [-0.3, -0.25) is 4.79 Å².